The molecule has 3 aromatic heterocycles. The van der Waals surface area contributed by atoms with Crippen molar-refractivity contribution in [3.05, 3.63) is 103 Å². The van der Waals surface area contributed by atoms with Gasteiger partial charge in [0.05, 0.1) is 12.1 Å². The largest absolute Gasteiger partial charge is 0.490 e. The lowest BCUT2D eigenvalue weighted by atomic mass is 10.1. The molecule has 0 fully saturated rings. The molecule has 0 aliphatic heterocycles. The standard InChI is InChI=1S/C22H18N4O5S.C2HF3O2/c1-13-19(28)25(11-15-2-4-16(5-3-15)21(29)30)22(31)26-12-17(32-20(13)26)18(27)24-10-14-6-8-23-9-7-14;3-2(4,5)1(6)7/h2-9,12H,10-11H2,1H3,(H,24,27)(H,29,30);(H,6,7). The highest BCUT2D eigenvalue weighted by atomic mass is 32.1. The first-order chi connectivity index (χ1) is 18.3. The van der Waals surface area contributed by atoms with E-state index in [2.05, 4.69) is 10.3 Å². The zero-order valence-corrected chi connectivity index (χ0v) is 20.7. The van der Waals surface area contributed by atoms with Crippen molar-refractivity contribution in [3.63, 3.8) is 0 Å². The third kappa shape index (κ3) is 6.95. The first-order valence-corrected chi connectivity index (χ1v) is 11.7. The molecular weight excluding hydrogens is 545 g/mol. The minimum absolute atomic E-state index is 0.0131. The van der Waals surface area contributed by atoms with Crippen LogP contribution in [0.15, 0.2) is 64.6 Å². The summed E-state index contributed by atoms with van der Waals surface area (Å²) in [5, 5.41) is 18.9. The molecule has 11 nitrogen and oxygen atoms in total. The van der Waals surface area contributed by atoms with E-state index in [1.54, 1.807) is 43.6 Å². The minimum Gasteiger partial charge on any atom is -0.478 e. The summed E-state index contributed by atoms with van der Waals surface area (Å²) in [4.78, 5) is 63.0. The highest BCUT2D eigenvalue weighted by molar-refractivity contribution is 7.19. The summed E-state index contributed by atoms with van der Waals surface area (Å²) in [6.45, 7) is 1.90. The van der Waals surface area contributed by atoms with Crippen LogP contribution in [0.1, 0.15) is 36.7 Å². The van der Waals surface area contributed by atoms with Crippen molar-refractivity contribution in [3.8, 4) is 0 Å². The number of thiazole rings is 1. The second-order valence-electron chi connectivity index (χ2n) is 7.91. The minimum atomic E-state index is -5.08. The second-order valence-corrected chi connectivity index (χ2v) is 8.94. The Bertz CT molecular complexity index is 1640. The van der Waals surface area contributed by atoms with Gasteiger partial charge in [0.1, 0.15) is 9.71 Å². The van der Waals surface area contributed by atoms with Gasteiger partial charge in [0.2, 0.25) is 0 Å². The van der Waals surface area contributed by atoms with Gasteiger partial charge in [0.15, 0.2) is 0 Å². The van der Waals surface area contributed by atoms with E-state index in [1.165, 1.54) is 22.7 Å². The van der Waals surface area contributed by atoms with Gasteiger partial charge in [0, 0.05) is 30.7 Å². The van der Waals surface area contributed by atoms with Crippen LogP contribution >= 0.6 is 11.3 Å². The first kappa shape index (κ1) is 28.8. The van der Waals surface area contributed by atoms with Gasteiger partial charge in [-0.15, -0.1) is 11.3 Å². The van der Waals surface area contributed by atoms with Gasteiger partial charge >= 0.3 is 23.8 Å². The molecule has 0 atom stereocenters. The molecule has 0 radical (unpaired) electrons. The topological polar surface area (TPSA) is 160 Å². The van der Waals surface area contributed by atoms with Gasteiger partial charge in [0.25, 0.3) is 11.5 Å². The fourth-order valence-corrected chi connectivity index (χ4v) is 4.22. The Morgan fingerprint density at radius 2 is 1.59 bits per heavy atom. The first-order valence-electron chi connectivity index (χ1n) is 10.8. The number of aromatic nitrogens is 3. The average Bonchev–Trinajstić information content (AvgIpc) is 3.35. The number of aromatic carboxylic acids is 1. The quantitative estimate of drug-likeness (QED) is 0.322. The maximum absolute atomic E-state index is 13.0. The molecule has 3 heterocycles. The predicted molar refractivity (Wildman–Crippen MR) is 132 cm³/mol. The molecule has 15 heteroatoms. The maximum atomic E-state index is 13.0. The summed E-state index contributed by atoms with van der Waals surface area (Å²) in [6, 6.07) is 9.53. The van der Waals surface area contributed by atoms with Gasteiger partial charge in [-0.25, -0.2) is 14.4 Å². The second kappa shape index (κ2) is 11.7. The summed E-state index contributed by atoms with van der Waals surface area (Å²) >= 11 is 1.08. The number of carboxylic acid groups (broad SMARTS) is 2. The summed E-state index contributed by atoms with van der Waals surface area (Å²) < 4.78 is 34.1. The number of nitrogens with zero attached hydrogens (tertiary/aromatic N) is 3. The van der Waals surface area contributed by atoms with Crippen LogP contribution in [0.25, 0.3) is 4.83 Å². The molecule has 0 saturated heterocycles. The summed E-state index contributed by atoms with van der Waals surface area (Å²) in [6.07, 6.45) is -0.387. The summed E-state index contributed by atoms with van der Waals surface area (Å²) in [7, 11) is 0. The van der Waals surface area contributed by atoms with Crippen molar-refractivity contribution >= 4 is 34.0 Å². The number of aryl methyl sites for hydroxylation is 1. The molecule has 4 rings (SSSR count). The average molecular weight is 564 g/mol. The highest BCUT2D eigenvalue weighted by Gasteiger charge is 2.38. The zero-order valence-electron chi connectivity index (χ0n) is 19.9. The number of benzene rings is 1. The van der Waals surface area contributed by atoms with E-state index in [0.29, 0.717) is 27.4 Å². The molecule has 0 unspecified atom stereocenters. The molecule has 0 saturated carbocycles. The predicted octanol–water partition coefficient (Wildman–Crippen LogP) is 2.54. The van der Waals surface area contributed by atoms with Crippen LogP contribution < -0.4 is 16.6 Å². The Hall–Kier alpha value is -4.79. The van der Waals surface area contributed by atoms with Crippen LogP contribution in [0.3, 0.4) is 0 Å². The van der Waals surface area contributed by atoms with Crippen LogP contribution in [0.4, 0.5) is 13.2 Å². The van der Waals surface area contributed by atoms with Crippen LogP contribution in [-0.4, -0.2) is 48.2 Å². The fraction of sp³-hybridized carbons (Fsp3) is 0.167. The lowest BCUT2D eigenvalue weighted by molar-refractivity contribution is -0.192. The van der Waals surface area contributed by atoms with Crippen LogP contribution in [0.5, 0.6) is 0 Å². The monoisotopic (exact) mass is 564 g/mol. The Balaban J connectivity index is 0.000000532. The van der Waals surface area contributed by atoms with Crippen molar-refractivity contribution in [2.75, 3.05) is 0 Å². The number of hydrogen-bond acceptors (Lipinski definition) is 7. The normalized spacial score (nSPS) is 11.0. The Labute approximate surface area is 220 Å². The van der Waals surface area contributed by atoms with Gasteiger partial charge in [-0.2, -0.15) is 13.2 Å². The van der Waals surface area contributed by atoms with Crippen LogP contribution in [0.2, 0.25) is 0 Å². The number of carbonyl (C=O) groups excluding carboxylic acids is 1. The molecule has 0 aliphatic carbocycles. The number of fused-ring (bicyclic) bond motifs is 1. The molecule has 1 amide bonds. The third-order valence-electron chi connectivity index (χ3n) is 5.21. The molecule has 3 N–H and O–H groups in total. The molecule has 0 aliphatic rings. The summed E-state index contributed by atoms with van der Waals surface area (Å²) in [5.74, 6) is -4.16. The number of amides is 1. The number of halogens is 3. The lowest BCUT2D eigenvalue weighted by Gasteiger charge is -2.08. The Morgan fingerprint density at radius 3 is 2.13 bits per heavy atom. The van der Waals surface area contributed by atoms with Crippen molar-refractivity contribution in [2.24, 2.45) is 0 Å². The zero-order chi connectivity index (χ0) is 28.9. The smallest absolute Gasteiger partial charge is 0.478 e. The van der Waals surface area contributed by atoms with E-state index >= 15 is 0 Å². The van der Waals surface area contributed by atoms with Crippen LogP contribution in [-0.2, 0) is 17.9 Å². The number of alkyl halides is 3. The van der Waals surface area contributed by atoms with Gasteiger partial charge < -0.3 is 15.5 Å². The SMILES string of the molecule is Cc1c(=O)n(Cc2ccc(C(=O)O)cc2)c(=O)n2cc(C(=O)NCc3ccncc3)sc12.O=C(O)C(F)(F)F. The molecular formula is C24H19F3N4O7S. The maximum Gasteiger partial charge on any atom is 0.490 e. The number of pyridine rings is 1. The summed E-state index contributed by atoms with van der Waals surface area (Å²) in [5.41, 5.74) is 0.940. The Morgan fingerprint density at radius 1 is 1.00 bits per heavy atom. The highest BCUT2D eigenvalue weighted by Crippen LogP contribution is 2.18. The van der Waals surface area contributed by atoms with Gasteiger partial charge in [-0.3, -0.25) is 23.5 Å². The van der Waals surface area contributed by atoms with Gasteiger partial charge in [-0.1, -0.05) is 12.1 Å². The van der Waals surface area contributed by atoms with Crippen molar-refractivity contribution in [2.45, 2.75) is 26.2 Å². The molecule has 39 heavy (non-hydrogen) atoms. The number of nitrogens with one attached hydrogen (secondary N) is 1. The Kier molecular flexibility index (Phi) is 8.65. The van der Waals surface area contributed by atoms with Crippen molar-refractivity contribution in [1.29, 1.82) is 0 Å². The van der Waals surface area contributed by atoms with Gasteiger partial charge in [-0.05, 0) is 42.3 Å². The van der Waals surface area contributed by atoms with Crippen molar-refractivity contribution in [1.82, 2.24) is 19.3 Å². The van der Waals surface area contributed by atoms with E-state index in [-0.39, 0.29) is 18.0 Å². The number of aliphatic carboxylic acids is 1. The van der Waals surface area contributed by atoms with E-state index in [0.717, 1.165) is 21.5 Å². The van der Waals surface area contributed by atoms with Crippen LogP contribution in [0, 0.1) is 6.92 Å². The molecule has 4 aromatic rings. The molecule has 204 valence electrons. The van der Waals surface area contributed by atoms with Crippen molar-refractivity contribution < 1.29 is 37.8 Å². The van der Waals surface area contributed by atoms with E-state index in [1.807, 2.05) is 0 Å². The lowest BCUT2D eigenvalue weighted by Crippen LogP contribution is -2.38. The molecule has 1 aromatic carbocycles. The number of rotatable bonds is 6. The van der Waals surface area contributed by atoms with E-state index in [9.17, 15) is 32.3 Å². The molecule has 0 bridgehead atoms. The van der Waals surface area contributed by atoms with E-state index in [4.69, 9.17) is 15.0 Å². The number of carboxylic acids is 2. The number of carbonyl (C=O) groups is 3. The fourth-order valence-electron chi connectivity index (χ4n) is 3.22. The number of hydrogen-bond donors (Lipinski definition) is 3. The van der Waals surface area contributed by atoms with E-state index < -0.39 is 29.4 Å². The molecule has 0 spiro atoms. The third-order valence-corrected chi connectivity index (χ3v) is 6.41.